The summed E-state index contributed by atoms with van der Waals surface area (Å²) in [6.07, 6.45) is 5.89. The van der Waals surface area contributed by atoms with Gasteiger partial charge in [0.15, 0.2) is 0 Å². The fourth-order valence-electron chi connectivity index (χ4n) is 3.48. The van der Waals surface area contributed by atoms with E-state index in [2.05, 4.69) is 5.32 Å². The molecule has 1 aromatic rings. The molecule has 4 heteroatoms. The van der Waals surface area contributed by atoms with Crippen molar-refractivity contribution < 1.29 is 9.59 Å². The van der Waals surface area contributed by atoms with Crippen molar-refractivity contribution in [2.24, 2.45) is 5.92 Å². The summed E-state index contributed by atoms with van der Waals surface area (Å²) in [5.41, 5.74) is 2.98. The highest BCUT2D eigenvalue weighted by molar-refractivity contribution is 5.95. The second kappa shape index (κ2) is 7.37. The number of benzene rings is 1. The first-order chi connectivity index (χ1) is 11.5. The maximum absolute atomic E-state index is 12.9. The quantitative estimate of drug-likeness (QED) is 0.902. The lowest BCUT2D eigenvalue weighted by molar-refractivity contribution is -0.121. The average molecular weight is 328 g/mol. The van der Waals surface area contributed by atoms with Crippen molar-refractivity contribution in [3.8, 4) is 0 Å². The summed E-state index contributed by atoms with van der Waals surface area (Å²) < 4.78 is 0. The van der Waals surface area contributed by atoms with Gasteiger partial charge in [-0.25, -0.2) is 0 Å². The molecular formula is C20H28N2O2. The van der Waals surface area contributed by atoms with Crippen molar-refractivity contribution in [3.05, 3.63) is 34.9 Å². The lowest BCUT2D eigenvalue weighted by Gasteiger charge is -2.33. The van der Waals surface area contributed by atoms with E-state index in [-0.39, 0.29) is 11.8 Å². The maximum Gasteiger partial charge on any atom is 0.254 e. The number of hydrogen-bond acceptors (Lipinski definition) is 2. The van der Waals surface area contributed by atoms with E-state index >= 15 is 0 Å². The van der Waals surface area contributed by atoms with Crippen LogP contribution >= 0.6 is 0 Å². The molecule has 0 spiro atoms. The first-order valence-electron chi connectivity index (χ1n) is 9.19. The monoisotopic (exact) mass is 328 g/mol. The van der Waals surface area contributed by atoms with Crippen LogP contribution < -0.4 is 5.32 Å². The Morgan fingerprint density at radius 1 is 1.21 bits per heavy atom. The third kappa shape index (κ3) is 4.37. The van der Waals surface area contributed by atoms with E-state index in [1.807, 2.05) is 36.9 Å². The summed E-state index contributed by atoms with van der Waals surface area (Å²) in [5, 5.41) is 3.05. The Labute approximate surface area is 144 Å². The Morgan fingerprint density at radius 2 is 2.00 bits per heavy atom. The summed E-state index contributed by atoms with van der Waals surface area (Å²) in [7, 11) is 0. The number of carbonyl (C=O) groups is 2. The minimum atomic E-state index is 0.142. The van der Waals surface area contributed by atoms with E-state index < -0.39 is 0 Å². The second-order valence-electron chi connectivity index (χ2n) is 7.46. The van der Waals surface area contributed by atoms with Gasteiger partial charge in [0.05, 0.1) is 0 Å². The number of hydrogen-bond donors (Lipinski definition) is 1. The van der Waals surface area contributed by atoms with Crippen molar-refractivity contribution in [3.63, 3.8) is 0 Å². The van der Waals surface area contributed by atoms with Crippen LogP contribution in [0, 0.1) is 19.8 Å². The molecule has 4 nitrogen and oxygen atoms in total. The summed E-state index contributed by atoms with van der Waals surface area (Å²) in [6, 6.07) is 6.49. The lowest BCUT2D eigenvalue weighted by atomic mass is 9.92. The van der Waals surface area contributed by atoms with Gasteiger partial charge in [0.2, 0.25) is 5.91 Å². The molecular weight excluding hydrogens is 300 g/mol. The number of carbonyl (C=O) groups excluding carboxylic acids is 2. The van der Waals surface area contributed by atoms with Gasteiger partial charge >= 0.3 is 0 Å². The molecule has 130 valence electrons. The Bertz CT molecular complexity index is 622. The number of piperidine rings is 1. The SMILES string of the molecule is Cc1ccc(C)c(C(=O)N2CCC[C@@H](CCC(=O)NC3CC3)C2)c1. The molecule has 1 aromatic carbocycles. The molecule has 2 aliphatic rings. The van der Waals surface area contributed by atoms with Crippen molar-refractivity contribution in [2.75, 3.05) is 13.1 Å². The molecule has 0 aromatic heterocycles. The Hall–Kier alpha value is -1.84. The van der Waals surface area contributed by atoms with E-state index in [1.54, 1.807) is 0 Å². The standard InChI is InChI=1S/C20H28N2O2/c1-14-5-6-15(2)18(12-14)20(24)22-11-3-4-16(13-22)7-10-19(23)21-17-8-9-17/h5-6,12,16-17H,3-4,7-11,13H2,1-2H3,(H,21,23)/t16-/m0/s1. The maximum atomic E-state index is 12.9. The van der Waals surface area contributed by atoms with Crippen LogP contribution in [0.15, 0.2) is 18.2 Å². The summed E-state index contributed by atoms with van der Waals surface area (Å²) in [6.45, 7) is 5.63. The predicted molar refractivity (Wildman–Crippen MR) is 94.9 cm³/mol. The number of likely N-dealkylation sites (tertiary alicyclic amines) is 1. The Balaban J connectivity index is 1.55. The van der Waals surface area contributed by atoms with E-state index in [9.17, 15) is 9.59 Å². The van der Waals surface area contributed by atoms with Crippen molar-refractivity contribution in [1.82, 2.24) is 10.2 Å². The highest BCUT2D eigenvalue weighted by Gasteiger charge is 2.27. The summed E-state index contributed by atoms with van der Waals surface area (Å²) in [5.74, 6) is 0.761. The smallest absolute Gasteiger partial charge is 0.254 e. The Kier molecular flexibility index (Phi) is 5.22. The number of rotatable bonds is 5. The van der Waals surface area contributed by atoms with E-state index in [0.717, 1.165) is 61.9 Å². The van der Waals surface area contributed by atoms with Crippen LogP contribution in [0.3, 0.4) is 0 Å². The minimum Gasteiger partial charge on any atom is -0.353 e. The van der Waals surface area contributed by atoms with Crippen LogP contribution in [0.4, 0.5) is 0 Å². The minimum absolute atomic E-state index is 0.142. The fourth-order valence-corrected chi connectivity index (χ4v) is 3.48. The first kappa shape index (κ1) is 17.0. The zero-order chi connectivity index (χ0) is 17.1. The van der Waals surface area contributed by atoms with Crippen LogP contribution in [-0.4, -0.2) is 35.8 Å². The zero-order valence-corrected chi connectivity index (χ0v) is 14.8. The molecule has 1 saturated carbocycles. The molecule has 0 bridgehead atoms. The van der Waals surface area contributed by atoms with Crippen LogP contribution in [0.25, 0.3) is 0 Å². The average Bonchev–Trinajstić information content (AvgIpc) is 3.39. The Morgan fingerprint density at radius 3 is 2.75 bits per heavy atom. The molecule has 1 N–H and O–H groups in total. The molecule has 3 rings (SSSR count). The molecule has 1 atom stereocenters. The normalized spacial score (nSPS) is 20.8. The zero-order valence-electron chi connectivity index (χ0n) is 14.8. The molecule has 0 unspecified atom stereocenters. The third-order valence-electron chi connectivity index (χ3n) is 5.15. The highest BCUT2D eigenvalue weighted by Crippen LogP contribution is 2.24. The number of amides is 2. The molecule has 2 fully saturated rings. The topological polar surface area (TPSA) is 49.4 Å². The van der Waals surface area contributed by atoms with Gasteiger partial charge in [-0.2, -0.15) is 0 Å². The van der Waals surface area contributed by atoms with Crippen molar-refractivity contribution in [1.29, 1.82) is 0 Å². The van der Waals surface area contributed by atoms with Crippen LogP contribution in [0.5, 0.6) is 0 Å². The van der Waals surface area contributed by atoms with Gasteiger partial charge in [0.25, 0.3) is 5.91 Å². The van der Waals surface area contributed by atoms with E-state index in [0.29, 0.717) is 18.4 Å². The lowest BCUT2D eigenvalue weighted by Crippen LogP contribution is -2.40. The molecule has 1 heterocycles. The molecule has 1 aliphatic heterocycles. The summed E-state index contributed by atoms with van der Waals surface area (Å²) >= 11 is 0. The van der Waals surface area contributed by atoms with E-state index in [1.165, 1.54) is 0 Å². The first-order valence-corrected chi connectivity index (χ1v) is 9.19. The van der Waals surface area contributed by atoms with Gasteiger partial charge in [-0.1, -0.05) is 17.7 Å². The van der Waals surface area contributed by atoms with Gasteiger partial charge < -0.3 is 10.2 Å². The van der Waals surface area contributed by atoms with Gasteiger partial charge in [-0.05, 0) is 63.5 Å². The van der Waals surface area contributed by atoms with Gasteiger partial charge in [-0.15, -0.1) is 0 Å². The molecule has 1 aliphatic carbocycles. The molecule has 0 radical (unpaired) electrons. The third-order valence-corrected chi connectivity index (χ3v) is 5.15. The van der Waals surface area contributed by atoms with E-state index in [4.69, 9.17) is 0 Å². The van der Waals surface area contributed by atoms with Gasteiger partial charge in [-0.3, -0.25) is 9.59 Å². The predicted octanol–water partition coefficient (Wildman–Crippen LogP) is 3.21. The van der Waals surface area contributed by atoms with Crippen LogP contribution in [0.1, 0.15) is 60.0 Å². The molecule has 2 amide bonds. The van der Waals surface area contributed by atoms with Crippen molar-refractivity contribution in [2.45, 2.75) is 58.4 Å². The largest absolute Gasteiger partial charge is 0.353 e. The summed E-state index contributed by atoms with van der Waals surface area (Å²) in [4.78, 5) is 26.7. The fraction of sp³-hybridized carbons (Fsp3) is 0.600. The highest BCUT2D eigenvalue weighted by atomic mass is 16.2. The van der Waals surface area contributed by atoms with Crippen LogP contribution in [0.2, 0.25) is 0 Å². The van der Waals surface area contributed by atoms with Gasteiger partial charge in [0.1, 0.15) is 0 Å². The van der Waals surface area contributed by atoms with Crippen LogP contribution in [-0.2, 0) is 4.79 Å². The van der Waals surface area contributed by atoms with Gasteiger partial charge in [0, 0.05) is 31.1 Å². The number of aryl methyl sites for hydroxylation is 2. The number of nitrogens with zero attached hydrogens (tertiary/aromatic N) is 1. The second-order valence-corrected chi connectivity index (χ2v) is 7.46. The molecule has 1 saturated heterocycles. The molecule has 24 heavy (non-hydrogen) atoms. The van der Waals surface area contributed by atoms with Crippen molar-refractivity contribution >= 4 is 11.8 Å². The number of nitrogens with one attached hydrogen (secondary N) is 1.